The second kappa shape index (κ2) is 8.86. The van der Waals surface area contributed by atoms with E-state index >= 15 is 0 Å². The lowest BCUT2D eigenvalue weighted by Gasteiger charge is -2.13. The van der Waals surface area contributed by atoms with Gasteiger partial charge in [-0.15, -0.1) is 0 Å². The molecule has 1 aliphatic heterocycles. The number of guanidine groups is 1. The molecular weight excluding hydrogens is 292 g/mol. The molecule has 1 unspecified atom stereocenters. The summed E-state index contributed by atoms with van der Waals surface area (Å²) in [5.41, 5.74) is 0. The first-order valence-corrected chi connectivity index (χ1v) is 9.23. The highest BCUT2D eigenvalue weighted by atomic mass is 32.2. The number of unbranched alkanes of at least 4 members (excludes halogenated alkanes) is 1. The Morgan fingerprint density at radius 3 is 2.57 bits per heavy atom. The summed E-state index contributed by atoms with van der Waals surface area (Å²) >= 11 is 0. The van der Waals surface area contributed by atoms with Crippen molar-refractivity contribution in [3.63, 3.8) is 0 Å². The van der Waals surface area contributed by atoms with Crippen molar-refractivity contribution in [2.75, 3.05) is 31.6 Å². The maximum absolute atomic E-state index is 11.7. The number of nitrogens with zero attached hydrogens (tertiary/aromatic N) is 1. The van der Waals surface area contributed by atoms with Gasteiger partial charge in [0.1, 0.15) is 0 Å². The molecule has 122 valence electrons. The first kappa shape index (κ1) is 17.7. The highest BCUT2D eigenvalue weighted by Crippen LogP contribution is 2.11. The van der Waals surface area contributed by atoms with Crippen LogP contribution < -0.4 is 16.0 Å². The molecule has 3 N–H and O–H groups in total. The van der Waals surface area contributed by atoms with E-state index < -0.39 is 9.84 Å². The smallest absolute Gasteiger partial charge is 0.222 e. The number of amides is 1. The molecule has 0 aromatic rings. The molecule has 1 rings (SSSR count). The Morgan fingerprint density at radius 1 is 1.29 bits per heavy atom. The van der Waals surface area contributed by atoms with Gasteiger partial charge in [-0.25, -0.2) is 8.42 Å². The molecule has 1 amide bonds. The lowest BCUT2D eigenvalue weighted by molar-refractivity contribution is -0.121. The van der Waals surface area contributed by atoms with Gasteiger partial charge in [-0.05, 0) is 12.8 Å². The zero-order valence-electron chi connectivity index (χ0n) is 12.8. The molecule has 0 saturated carbocycles. The number of sulfone groups is 1. The van der Waals surface area contributed by atoms with Crippen LogP contribution in [-0.2, 0) is 14.6 Å². The molecule has 0 aromatic heterocycles. The first-order chi connectivity index (χ1) is 9.96. The van der Waals surface area contributed by atoms with Gasteiger partial charge in [0, 0.05) is 32.6 Å². The molecule has 8 heteroatoms. The largest absolute Gasteiger partial charge is 0.356 e. The van der Waals surface area contributed by atoms with E-state index in [1.165, 1.54) is 0 Å². The molecule has 1 saturated heterocycles. The molecule has 7 nitrogen and oxygen atoms in total. The molecule has 0 spiro atoms. The fourth-order valence-corrected chi connectivity index (χ4v) is 3.78. The highest BCUT2D eigenvalue weighted by molar-refractivity contribution is 7.91. The van der Waals surface area contributed by atoms with E-state index in [9.17, 15) is 13.2 Å². The highest BCUT2D eigenvalue weighted by Gasteiger charge is 2.28. The van der Waals surface area contributed by atoms with Crippen LogP contribution in [0.3, 0.4) is 0 Å². The average Bonchev–Trinajstić information content (AvgIpc) is 2.76. The molecule has 1 fully saturated rings. The van der Waals surface area contributed by atoms with Crippen molar-refractivity contribution >= 4 is 21.7 Å². The summed E-state index contributed by atoms with van der Waals surface area (Å²) < 4.78 is 22.6. The van der Waals surface area contributed by atoms with E-state index in [0.29, 0.717) is 25.3 Å². The topological polar surface area (TPSA) is 99.7 Å². The van der Waals surface area contributed by atoms with Gasteiger partial charge in [-0.2, -0.15) is 0 Å². The fraction of sp³-hybridized carbons (Fsp3) is 0.846. The summed E-state index contributed by atoms with van der Waals surface area (Å²) in [6, 6.07) is -0.232. The van der Waals surface area contributed by atoms with Crippen molar-refractivity contribution in [1.82, 2.24) is 16.0 Å². The lowest BCUT2D eigenvalue weighted by Crippen LogP contribution is -2.41. The molecule has 1 heterocycles. The Labute approximate surface area is 126 Å². The number of hydrogen-bond donors (Lipinski definition) is 3. The van der Waals surface area contributed by atoms with Crippen LogP contribution in [0.15, 0.2) is 4.99 Å². The average molecular weight is 318 g/mol. The Bertz CT molecular complexity index is 462. The van der Waals surface area contributed by atoms with E-state index in [0.717, 1.165) is 19.4 Å². The quantitative estimate of drug-likeness (QED) is 0.338. The van der Waals surface area contributed by atoms with Crippen molar-refractivity contribution in [3.8, 4) is 0 Å². The Morgan fingerprint density at radius 2 is 2.00 bits per heavy atom. The van der Waals surface area contributed by atoms with Gasteiger partial charge in [-0.3, -0.25) is 9.79 Å². The number of carbonyl (C=O) groups is 1. The van der Waals surface area contributed by atoms with Crippen LogP contribution in [0, 0.1) is 0 Å². The van der Waals surface area contributed by atoms with Gasteiger partial charge in [0.05, 0.1) is 11.5 Å². The zero-order chi connectivity index (χ0) is 15.7. The van der Waals surface area contributed by atoms with Crippen LogP contribution in [0.4, 0.5) is 0 Å². The third-order valence-electron chi connectivity index (χ3n) is 3.29. The van der Waals surface area contributed by atoms with Gasteiger partial charge >= 0.3 is 0 Å². The van der Waals surface area contributed by atoms with Gasteiger partial charge < -0.3 is 16.0 Å². The van der Waals surface area contributed by atoms with Crippen LogP contribution in [0.25, 0.3) is 0 Å². The minimum absolute atomic E-state index is 0.0619. The minimum Gasteiger partial charge on any atom is -0.356 e. The summed E-state index contributed by atoms with van der Waals surface area (Å²) in [5, 5.41) is 8.98. The van der Waals surface area contributed by atoms with Crippen LogP contribution in [0.5, 0.6) is 0 Å². The SMILES string of the molecule is CCCCNC(=NC)NCCC(=O)NC1CCS(=O)(=O)C1. The third-order valence-corrected chi connectivity index (χ3v) is 5.06. The number of carbonyl (C=O) groups excluding carboxylic acids is 1. The first-order valence-electron chi connectivity index (χ1n) is 7.41. The number of rotatable bonds is 7. The molecule has 0 aromatic carbocycles. The van der Waals surface area contributed by atoms with E-state index in [4.69, 9.17) is 0 Å². The predicted molar refractivity (Wildman–Crippen MR) is 84.1 cm³/mol. The maximum Gasteiger partial charge on any atom is 0.222 e. The van der Waals surface area contributed by atoms with Crippen molar-refractivity contribution < 1.29 is 13.2 Å². The Hall–Kier alpha value is -1.31. The molecule has 1 atom stereocenters. The van der Waals surface area contributed by atoms with E-state index in [2.05, 4.69) is 27.9 Å². The van der Waals surface area contributed by atoms with E-state index in [1.54, 1.807) is 7.05 Å². The summed E-state index contributed by atoms with van der Waals surface area (Å²) in [7, 11) is -1.27. The molecule has 21 heavy (non-hydrogen) atoms. The van der Waals surface area contributed by atoms with Crippen molar-refractivity contribution in [2.45, 2.75) is 38.6 Å². The predicted octanol–water partition coefficient (Wildman–Crippen LogP) is -0.355. The summed E-state index contributed by atoms with van der Waals surface area (Å²) in [6.07, 6.45) is 2.99. The van der Waals surface area contributed by atoms with E-state index in [-0.39, 0.29) is 23.5 Å². The normalized spacial score (nSPS) is 21.0. The Balaban J connectivity index is 2.18. The second-order valence-electron chi connectivity index (χ2n) is 5.20. The van der Waals surface area contributed by atoms with Crippen molar-refractivity contribution in [1.29, 1.82) is 0 Å². The van der Waals surface area contributed by atoms with Crippen LogP contribution in [0.1, 0.15) is 32.6 Å². The molecule has 0 radical (unpaired) electrons. The zero-order valence-corrected chi connectivity index (χ0v) is 13.6. The number of nitrogens with one attached hydrogen (secondary N) is 3. The summed E-state index contributed by atoms with van der Waals surface area (Å²) in [6.45, 7) is 3.44. The molecular formula is C13H26N4O3S. The standard InChI is InChI=1S/C13H26N4O3S/c1-3-4-7-15-13(14-2)16-8-5-12(18)17-11-6-9-21(19,20)10-11/h11H,3-10H2,1-2H3,(H,17,18)(H2,14,15,16). The van der Waals surface area contributed by atoms with Crippen LogP contribution >= 0.6 is 0 Å². The number of aliphatic imine (C=N–C) groups is 1. The molecule has 0 aliphatic carbocycles. The molecule has 1 aliphatic rings. The number of hydrogen-bond acceptors (Lipinski definition) is 4. The second-order valence-corrected chi connectivity index (χ2v) is 7.43. The van der Waals surface area contributed by atoms with E-state index in [1.807, 2.05) is 0 Å². The maximum atomic E-state index is 11.7. The van der Waals surface area contributed by atoms with Gasteiger partial charge in [0.2, 0.25) is 5.91 Å². The van der Waals surface area contributed by atoms with Crippen molar-refractivity contribution in [3.05, 3.63) is 0 Å². The molecule has 0 bridgehead atoms. The summed E-state index contributed by atoms with van der Waals surface area (Å²) in [4.78, 5) is 15.8. The monoisotopic (exact) mass is 318 g/mol. The minimum atomic E-state index is -2.95. The summed E-state index contributed by atoms with van der Waals surface area (Å²) in [5.74, 6) is 0.782. The third kappa shape index (κ3) is 7.31. The van der Waals surface area contributed by atoms with Gasteiger partial charge in [0.25, 0.3) is 0 Å². The van der Waals surface area contributed by atoms with Crippen molar-refractivity contribution in [2.24, 2.45) is 4.99 Å². The Kier molecular flexibility index (Phi) is 7.49. The van der Waals surface area contributed by atoms with Crippen LogP contribution in [0.2, 0.25) is 0 Å². The fourth-order valence-electron chi connectivity index (χ4n) is 2.11. The lowest BCUT2D eigenvalue weighted by atomic mass is 10.2. The van der Waals surface area contributed by atoms with Crippen LogP contribution in [-0.4, -0.2) is 58.0 Å². The van der Waals surface area contributed by atoms with Gasteiger partial charge in [0.15, 0.2) is 15.8 Å². The van der Waals surface area contributed by atoms with Gasteiger partial charge in [-0.1, -0.05) is 13.3 Å².